The maximum absolute atomic E-state index is 12.3. The molecule has 0 radical (unpaired) electrons. The Bertz CT molecular complexity index is 625. The molecule has 3 aliphatic carbocycles. The molecule has 22 heavy (non-hydrogen) atoms. The van der Waals surface area contributed by atoms with Crippen molar-refractivity contribution >= 4 is 24.3 Å². The van der Waals surface area contributed by atoms with Crippen molar-refractivity contribution in [2.75, 3.05) is 6.54 Å². The van der Waals surface area contributed by atoms with Gasteiger partial charge in [0.05, 0.1) is 5.41 Å². The van der Waals surface area contributed by atoms with Gasteiger partial charge >= 0.3 is 0 Å². The van der Waals surface area contributed by atoms with E-state index in [1.165, 1.54) is 5.57 Å². The zero-order valence-electron chi connectivity index (χ0n) is 13.1. The molecule has 0 unspecified atom stereocenters. The summed E-state index contributed by atoms with van der Waals surface area (Å²) in [6.45, 7) is 5.20. The zero-order valence-corrected chi connectivity index (χ0v) is 14.0. The van der Waals surface area contributed by atoms with E-state index in [1.807, 2.05) is 0 Å². The van der Waals surface area contributed by atoms with E-state index in [0.717, 1.165) is 25.8 Å². The van der Waals surface area contributed by atoms with Gasteiger partial charge in [0.15, 0.2) is 5.78 Å². The van der Waals surface area contributed by atoms with E-state index >= 15 is 0 Å². The fourth-order valence-corrected chi connectivity index (χ4v) is 6.23. The minimum atomic E-state index is -0.208. The maximum Gasteiger partial charge on any atom is 0.226 e. The van der Waals surface area contributed by atoms with Crippen LogP contribution in [0, 0.1) is 28.6 Å². The number of ketones is 1. The smallest absolute Gasteiger partial charge is 0.226 e. The van der Waals surface area contributed by atoms with Gasteiger partial charge < -0.3 is 5.32 Å². The van der Waals surface area contributed by atoms with Crippen molar-refractivity contribution in [1.82, 2.24) is 5.32 Å². The van der Waals surface area contributed by atoms with Crippen molar-refractivity contribution in [3.05, 3.63) is 23.8 Å². The Morgan fingerprint density at radius 2 is 2.05 bits per heavy atom. The molecule has 1 heterocycles. The van der Waals surface area contributed by atoms with E-state index in [0.29, 0.717) is 17.8 Å². The molecule has 1 saturated heterocycles. The van der Waals surface area contributed by atoms with Gasteiger partial charge in [-0.3, -0.25) is 9.59 Å². The number of allylic oxidation sites excluding steroid dienone is 3. The Balaban J connectivity index is 1.76. The molecule has 4 rings (SSSR count). The Kier molecular flexibility index (Phi) is 2.98. The summed E-state index contributed by atoms with van der Waals surface area (Å²) < 4.78 is 0. The van der Waals surface area contributed by atoms with E-state index in [4.69, 9.17) is 12.6 Å². The molecule has 3 nitrogen and oxygen atoms in total. The van der Waals surface area contributed by atoms with E-state index in [2.05, 4.69) is 25.2 Å². The highest BCUT2D eigenvalue weighted by Gasteiger charge is 2.60. The van der Waals surface area contributed by atoms with Crippen LogP contribution in [0.4, 0.5) is 0 Å². The molecule has 1 amide bonds. The third kappa shape index (κ3) is 1.70. The van der Waals surface area contributed by atoms with Crippen LogP contribution >= 0.6 is 12.6 Å². The summed E-state index contributed by atoms with van der Waals surface area (Å²) in [7, 11) is 0. The van der Waals surface area contributed by atoms with Crippen LogP contribution in [0.3, 0.4) is 0 Å². The summed E-state index contributed by atoms with van der Waals surface area (Å²) in [4.78, 5) is 24.1. The summed E-state index contributed by atoms with van der Waals surface area (Å²) in [6.07, 6.45) is 8.62. The third-order valence-electron chi connectivity index (χ3n) is 6.97. The highest BCUT2D eigenvalue weighted by Crippen LogP contribution is 2.62. The Labute approximate surface area is 137 Å². The highest BCUT2D eigenvalue weighted by molar-refractivity contribution is 7.81. The highest BCUT2D eigenvalue weighted by atomic mass is 32.1. The molecule has 0 aromatic heterocycles. The molecule has 3 fully saturated rings. The molecule has 2 saturated carbocycles. The Morgan fingerprint density at radius 1 is 1.27 bits per heavy atom. The first-order valence-electron chi connectivity index (χ1n) is 8.28. The van der Waals surface area contributed by atoms with Gasteiger partial charge in [0.25, 0.3) is 0 Å². The van der Waals surface area contributed by atoms with Crippen molar-refractivity contribution in [3.8, 4) is 0 Å². The molecule has 1 N–H and O–H groups in total. The number of carbonyl (C=O) groups is 2. The molecule has 0 aromatic carbocycles. The first-order chi connectivity index (χ1) is 10.4. The third-order valence-corrected chi connectivity index (χ3v) is 7.46. The molecule has 4 heteroatoms. The van der Waals surface area contributed by atoms with E-state index in [1.54, 1.807) is 12.2 Å². The predicted octanol–water partition coefficient (Wildman–Crippen LogP) is 2.54. The topological polar surface area (TPSA) is 46.2 Å². The predicted molar refractivity (Wildman–Crippen MR) is 88.5 cm³/mol. The number of amides is 1. The number of rotatable bonds is 0. The van der Waals surface area contributed by atoms with Crippen LogP contribution in [0.5, 0.6) is 0 Å². The van der Waals surface area contributed by atoms with Gasteiger partial charge in [-0.25, -0.2) is 0 Å². The van der Waals surface area contributed by atoms with Crippen LogP contribution < -0.4 is 5.32 Å². The molecule has 1 aliphatic heterocycles. The summed E-state index contributed by atoms with van der Waals surface area (Å²) >= 11 is 4.81. The van der Waals surface area contributed by atoms with Crippen LogP contribution in [0.25, 0.3) is 0 Å². The number of thiol groups is 1. The number of hydrogen-bond acceptors (Lipinski definition) is 3. The Morgan fingerprint density at radius 3 is 2.82 bits per heavy atom. The van der Waals surface area contributed by atoms with Crippen molar-refractivity contribution in [2.24, 2.45) is 28.6 Å². The molecular weight excluding hydrogens is 294 g/mol. The lowest BCUT2D eigenvalue weighted by Crippen LogP contribution is -2.52. The normalized spacial score (nSPS) is 49.9. The number of hydrogen-bond donors (Lipinski definition) is 2. The van der Waals surface area contributed by atoms with Crippen molar-refractivity contribution in [1.29, 1.82) is 0 Å². The number of fused-ring (bicyclic) bond motifs is 5. The van der Waals surface area contributed by atoms with Crippen molar-refractivity contribution in [3.63, 3.8) is 0 Å². The molecule has 0 spiro atoms. The first-order valence-corrected chi connectivity index (χ1v) is 8.79. The summed E-state index contributed by atoms with van der Waals surface area (Å²) in [6, 6.07) is 0. The van der Waals surface area contributed by atoms with Gasteiger partial charge in [0.2, 0.25) is 5.91 Å². The Hall–Kier alpha value is -1.03. The van der Waals surface area contributed by atoms with Gasteiger partial charge in [-0.2, -0.15) is 12.6 Å². The lowest BCUT2D eigenvalue weighted by atomic mass is 9.48. The minimum absolute atomic E-state index is 0.0732. The molecule has 4 aliphatic rings. The van der Waals surface area contributed by atoms with Gasteiger partial charge in [0, 0.05) is 17.2 Å². The lowest BCUT2D eigenvalue weighted by Gasteiger charge is -2.56. The maximum atomic E-state index is 12.3. The number of carbonyl (C=O) groups excluding carboxylic acids is 2. The molecule has 118 valence electrons. The van der Waals surface area contributed by atoms with Gasteiger partial charge in [0.1, 0.15) is 0 Å². The fourth-order valence-electron chi connectivity index (χ4n) is 5.63. The second-order valence-electron chi connectivity index (χ2n) is 7.91. The quantitative estimate of drug-likeness (QED) is 0.675. The van der Waals surface area contributed by atoms with Gasteiger partial charge in [-0.1, -0.05) is 19.9 Å². The van der Waals surface area contributed by atoms with Crippen LogP contribution in [0.2, 0.25) is 0 Å². The fraction of sp³-hybridized carbons (Fsp3) is 0.667. The summed E-state index contributed by atoms with van der Waals surface area (Å²) in [5.74, 6) is 1.73. The zero-order chi connectivity index (χ0) is 15.7. The van der Waals surface area contributed by atoms with Crippen LogP contribution in [0.15, 0.2) is 23.8 Å². The van der Waals surface area contributed by atoms with Crippen molar-refractivity contribution in [2.45, 2.75) is 38.4 Å². The number of nitrogens with one attached hydrogen (secondary N) is 1. The van der Waals surface area contributed by atoms with Crippen LogP contribution in [-0.4, -0.2) is 23.5 Å². The molecular formula is C18H23NO2S. The van der Waals surface area contributed by atoms with Gasteiger partial charge in [-0.15, -0.1) is 0 Å². The lowest BCUT2D eigenvalue weighted by molar-refractivity contribution is -0.132. The monoisotopic (exact) mass is 317 g/mol. The van der Waals surface area contributed by atoms with E-state index < -0.39 is 0 Å². The average molecular weight is 317 g/mol. The first kappa shape index (κ1) is 14.6. The van der Waals surface area contributed by atoms with Crippen LogP contribution in [0.1, 0.15) is 33.1 Å². The largest absolute Gasteiger partial charge is 0.355 e. The SMILES string of the molecule is C[C@]12C=CC(=O)C=C1[C@@H](S)C[C@@H]1[C@@H]2CC[C@]2(C)C(=O)NC[C@@H]12. The summed E-state index contributed by atoms with van der Waals surface area (Å²) in [5.41, 5.74) is 0.905. The second-order valence-corrected chi connectivity index (χ2v) is 8.54. The molecule has 0 aromatic rings. The van der Waals surface area contributed by atoms with Crippen molar-refractivity contribution < 1.29 is 9.59 Å². The van der Waals surface area contributed by atoms with E-state index in [-0.39, 0.29) is 27.8 Å². The van der Waals surface area contributed by atoms with Crippen LogP contribution in [-0.2, 0) is 9.59 Å². The second kappa shape index (κ2) is 4.50. The average Bonchev–Trinajstić information content (AvgIpc) is 2.77. The standard InChI is InChI=1S/C18H23NO2S/c1-17-5-3-10(20)7-13(17)15(22)8-11-12(17)4-6-18(2)14(11)9-19-16(18)21/h3,5,7,11-12,14-15,22H,4,6,8-9H2,1-2H3,(H,19,21)/t11-,12+,14+,15+,17-,18+/m1/s1. The van der Waals surface area contributed by atoms with E-state index in [9.17, 15) is 9.59 Å². The summed E-state index contributed by atoms with van der Waals surface area (Å²) in [5, 5.41) is 3.21. The molecule has 0 bridgehead atoms. The minimum Gasteiger partial charge on any atom is -0.355 e. The van der Waals surface area contributed by atoms with Gasteiger partial charge in [-0.05, 0) is 54.7 Å². The molecule has 6 atom stereocenters.